The second-order valence-electron chi connectivity index (χ2n) is 5.98. The van der Waals surface area contributed by atoms with Crippen molar-refractivity contribution in [3.63, 3.8) is 0 Å². The van der Waals surface area contributed by atoms with Crippen LogP contribution in [0.3, 0.4) is 0 Å². The van der Waals surface area contributed by atoms with Crippen molar-refractivity contribution < 1.29 is 9.59 Å². The maximum atomic E-state index is 12.5. The Morgan fingerprint density at radius 3 is 2.37 bits per heavy atom. The fourth-order valence-electron chi connectivity index (χ4n) is 2.41. The number of hydrogen-bond acceptors (Lipinski definition) is 6. The van der Waals surface area contributed by atoms with Crippen molar-refractivity contribution in [1.82, 2.24) is 19.7 Å². The van der Waals surface area contributed by atoms with Gasteiger partial charge in [-0.1, -0.05) is 11.8 Å². The number of nitrogens with one attached hydrogen (secondary N) is 1. The number of hydrogen-bond donors (Lipinski definition) is 1. The standard InChI is InChI=1S/C19H19N5O2S/c1-12(25)14-4-6-16(7-5-14)21-18(26)13(2)27-19-23-22-17(24(19)3)15-8-10-20-11-9-15/h4-11,13H,1-3H3,(H,21,26)/t13-/m0/s1. The lowest BCUT2D eigenvalue weighted by Gasteiger charge is -2.12. The molecule has 3 aromatic rings. The van der Waals surface area contributed by atoms with Crippen LogP contribution < -0.4 is 5.32 Å². The lowest BCUT2D eigenvalue weighted by molar-refractivity contribution is -0.115. The molecular weight excluding hydrogens is 362 g/mol. The van der Waals surface area contributed by atoms with Crippen LogP contribution in [0, 0.1) is 0 Å². The summed E-state index contributed by atoms with van der Waals surface area (Å²) in [6.07, 6.45) is 3.40. The van der Waals surface area contributed by atoms with E-state index in [1.807, 2.05) is 30.7 Å². The highest BCUT2D eigenvalue weighted by Crippen LogP contribution is 2.26. The Bertz CT molecular complexity index is 954. The first-order valence-electron chi connectivity index (χ1n) is 8.34. The number of amides is 1. The van der Waals surface area contributed by atoms with Crippen LogP contribution in [-0.4, -0.2) is 36.7 Å². The van der Waals surface area contributed by atoms with Crippen LogP contribution >= 0.6 is 11.8 Å². The third kappa shape index (κ3) is 4.40. The molecule has 0 fully saturated rings. The molecule has 8 heteroatoms. The van der Waals surface area contributed by atoms with Gasteiger partial charge >= 0.3 is 0 Å². The highest BCUT2D eigenvalue weighted by molar-refractivity contribution is 8.00. The molecule has 1 atom stereocenters. The van der Waals surface area contributed by atoms with Gasteiger partial charge in [-0.2, -0.15) is 0 Å². The summed E-state index contributed by atoms with van der Waals surface area (Å²) in [7, 11) is 1.86. The Morgan fingerprint density at radius 2 is 1.74 bits per heavy atom. The number of Topliss-reactive ketones (excluding diaryl/α,β-unsaturated/α-hetero) is 1. The molecule has 0 unspecified atom stereocenters. The fourth-order valence-corrected chi connectivity index (χ4v) is 3.23. The molecule has 1 N–H and O–H groups in total. The second-order valence-corrected chi connectivity index (χ2v) is 7.29. The summed E-state index contributed by atoms with van der Waals surface area (Å²) < 4.78 is 1.85. The Kier molecular flexibility index (Phi) is 5.66. The first kappa shape index (κ1) is 18.8. The number of aromatic nitrogens is 4. The second kappa shape index (κ2) is 8.13. The van der Waals surface area contributed by atoms with Crippen molar-refractivity contribution in [3.05, 3.63) is 54.4 Å². The van der Waals surface area contributed by atoms with E-state index in [0.717, 1.165) is 5.56 Å². The highest BCUT2D eigenvalue weighted by atomic mass is 32.2. The van der Waals surface area contributed by atoms with Gasteiger partial charge in [0, 0.05) is 36.3 Å². The highest BCUT2D eigenvalue weighted by Gasteiger charge is 2.19. The summed E-state index contributed by atoms with van der Waals surface area (Å²) in [5.74, 6) is 0.556. The number of anilines is 1. The normalized spacial score (nSPS) is 11.8. The maximum absolute atomic E-state index is 12.5. The molecular formula is C19H19N5O2S. The summed E-state index contributed by atoms with van der Waals surface area (Å²) in [5, 5.41) is 11.5. The monoisotopic (exact) mass is 381 g/mol. The number of rotatable bonds is 6. The van der Waals surface area contributed by atoms with Crippen molar-refractivity contribution in [2.24, 2.45) is 7.05 Å². The average molecular weight is 381 g/mol. The zero-order chi connectivity index (χ0) is 19.4. The van der Waals surface area contributed by atoms with Crippen molar-refractivity contribution in [2.45, 2.75) is 24.3 Å². The lowest BCUT2D eigenvalue weighted by atomic mass is 10.1. The van der Waals surface area contributed by atoms with Crippen LogP contribution in [0.2, 0.25) is 0 Å². The van der Waals surface area contributed by atoms with Crippen LogP contribution in [0.1, 0.15) is 24.2 Å². The molecule has 1 aromatic carbocycles. The Morgan fingerprint density at radius 1 is 1.07 bits per heavy atom. The summed E-state index contributed by atoms with van der Waals surface area (Å²) in [5.41, 5.74) is 2.17. The van der Waals surface area contributed by atoms with Crippen molar-refractivity contribution >= 4 is 29.1 Å². The number of carbonyl (C=O) groups excluding carboxylic acids is 2. The van der Waals surface area contributed by atoms with E-state index in [1.165, 1.54) is 18.7 Å². The van der Waals surface area contributed by atoms with Crippen LogP contribution in [0.5, 0.6) is 0 Å². The van der Waals surface area contributed by atoms with Gasteiger partial charge in [0.1, 0.15) is 0 Å². The minimum Gasteiger partial charge on any atom is -0.325 e. The summed E-state index contributed by atoms with van der Waals surface area (Å²) in [6, 6.07) is 10.5. The van der Waals surface area contributed by atoms with Gasteiger partial charge in [-0.3, -0.25) is 14.6 Å². The molecule has 0 aliphatic heterocycles. The number of nitrogens with zero attached hydrogens (tertiary/aromatic N) is 4. The third-order valence-electron chi connectivity index (χ3n) is 3.98. The van der Waals surface area contributed by atoms with E-state index in [9.17, 15) is 9.59 Å². The largest absolute Gasteiger partial charge is 0.325 e. The van der Waals surface area contributed by atoms with Crippen molar-refractivity contribution in [2.75, 3.05) is 5.32 Å². The summed E-state index contributed by atoms with van der Waals surface area (Å²) in [6.45, 7) is 3.32. The quantitative estimate of drug-likeness (QED) is 0.521. The number of ketones is 1. The molecule has 2 aromatic heterocycles. The minimum atomic E-state index is -0.370. The number of pyridine rings is 1. The molecule has 27 heavy (non-hydrogen) atoms. The molecule has 0 aliphatic rings. The predicted molar refractivity (Wildman–Crippen MR) is 105 cm³/mol. The molecule has 0 radical (unpaired) electrons. The molecule has 1 amide bonds. The Hall–Kier alpha value is -3.00. The third-order valence-corrected chi connectivity index (χ3v) is 5.12. The van der Waals surface area contributed by atoms with E-state index in [4.69, 9.17) is 0 Å². The molecule has 2 heterocycles. The topological polar surface area (TPSA) is 89.8 Å². The van der Waals surface area contributed by atoms with Crippen LogP contribution in [0.15, 0.2) is 53.9 Å². The van der Waals surface area contributed by atoms with E-state index in [0.29, 0.717) is 22.2 Å². The van der Waals surface area contributed by atoms with Crippen molar-refractivity contribution in [1.29, 1.82) is 0 Å². The van der Waals surface area contributed by atoms with Gasteiger partial charge in [-0.05, 0) is 50.2 Å². The zero-order valence-corrected chi connectivity index (χ0v) is 16.0. The van der Waals surface area contributed by atoms with Gasteiger partial charge in [0.05, 0.1) is 5.25 Å². The van der Waals surface area contributed by atoms with Crippen molar-refractivity contribution in [3.8, 4) is 11.4 Å². The van der Waals surface area contributed by atoms with Gasteiger partial charge in [-0.25, -0.2) is 0 Å². The van der Waals surface area contributed by atoms with Gasteiger partial charge in [0.25, 0.3) is 0 Å². The summed E-state index contributed by atoms with van der Waals surface area (Å²) >= 11 is 1.33. The molecule has 7 nitrogen and oxygen atoms in total. The molecule has 0 saturated heterocycles. The maximum Gasteiger partial charge on any atom is 0.237 e. The Labute approximate surface area is 161 Å². The van der Waals surface area contributed by atoms with E-state index < -0.39 is 0 Å². The van der Waals surface area contributed by atoms with Gasteiger partial charge in [-0.15, -0.1) is 10.2 Å². The van der Waals surface area contributed by atoms with Crippen LogP contribution in [0.4, 0.5) is 5.69 Å². The van der Waals surface area contributed by atoms with Gasteiger partial charge < -0.3 is 9.88 Å². The molecule has 3 rings (SSSR count). The molecule has 0 aliphatic carbocycles. The zero-order valence-electron chi connectivity index (χ0n) is 15.2. The lowest BCUT2D eigenvalue weighted by Crippen LogP contribution is -2.22. The molecule has 138 valence electrons. The number of carbonyl (C=O) groups is 2. The molecule has 0 saturated carbocycles. The first-order valence-corrected chi connectivity index (χ1v) is 9.22. The van der Waals surface area contributed by atoms with E-state index in [-0.39, 0.29) is 16.9 Å². The Balaban J connectivity index is 1.66. The van der Waals surface area contributed by atoms with Gasteiger partial charge in [0.15, 0.2) is 16.8 Å². The predicted octanol–water partition coefficient (Wildman–Crippen LogP) is 3.20. The SMILES string of the molecule is CC(=O)c1ccc(NC(=O)[C@H](C)Sc2nnc(-c3ccncc3)n2C)cc1. The van der Waals surface area contributed by atoms with Crippen LogP contribution in [-0.2, 0) is 11.8 Å². The average Bonchev–Trinajstić information content (AvgIpc) is 3.03. The molecule has 0 bridgehead atoms. The van der Waals surface area contributed by atoms with E-state index >= 15 is 0 Å². The smallest absolute Gasteiger partial charge is 0.237 e. The van der Waals surface area contributed by atoms with E-state index in [1.54, 1.807) is 36.7 Å². The van der Waals surface area contributed by atoms with E-state index in [2.05, 4.69) is 20.5 Å². The fraction of sp³-hybridized carbons (Fsp3) is 0.211. The van der Waals surface area contributed by atoms with Gasteiger partial charge in [0.2, 0.25) is 5.91 Å². The summed E-state index contributed by atoms with van der Waals surface area (Å²) in [4.78, 5) is 27.8. The first-order chi connectivity index (χ1) is 13.0. The molecule has 0 spiro atoms. The number of benzene rings is 1. The minimum absolute atomic E-state index is 0.0101. The van der Waals surface area contributed by atoms with Crippen LogP contribution in [0.25, 0.3) is 11.4 Å². The number of thioether (sulfide) groups is 1.